The van der Waals surface area contributed by atoms with E-state index >= 15 is 0 Å². The van der Waals surface area contributed by atoms with Crippen molar-refractivity contribution in [2.75, 3.05) is 13.1 Å². The summed E-state index contributed by atoms with van der Waals surface area (Å²) in [6, 6.07) is 7.41. The Balaban J connectivity index is 2.56. The molecule has 2 nitrogen and oxygen atoms in total. The third-order valence-corrected chi connectivity index (χ3v) is 3.35. The van der Waals surface area contributed by atoms with Crippen molar-refractivity contribution in [3.05, 3.63) is 35.4 Å². The van der Waals surface area contributed by atoms with Gasteiger partial charge in [0.2, 0.25) is 0 Å². The highest BCUT2D eigenvalue weighted by atomic mass is 19.4. The molecule has 0 bridgehead atoms. The summed E-state index contributed by atoms with van der Waals surface area (Å²) in [6.45, 7) is 4.98. The number of alkyl halides is 3. The minimum atomic E-state index is -4.17. The van der Waals surface area contributed by atoms with Crippen LogP contribution < -0.4 is 5.73 Å². The molecule has 20 heavy (non-hydrogen) atoms. The van der Waals surface area contributed by atoms with E-state index in [1.54, 1.807) is 13.8 Å². The number of hydrogen-bond acceptors (Lipinski definition) is 2. The van der Waals surface area contributed by atoms with Crippen molar-refractivity contribution in [2.45, 2.75) is 45.5 Å². The fraction of sp³-hybridized carbons (Fsp3) is 0.600. The number of benzene rings is 1. The van der Waals surface area contributed by atoms with Gasteiger partial charge in [0, 0.05) is 18.6 Å². The van der Waals surface area contributed by atoms with Crippen molar-refractivity contribution < 1.29 is 13.2 Å². The first kappa shape index (κ1) is 17.0. The normalized spacial score (nSPS) is 14.1. The molecule has 0 saturated carbocycles. The second-order valence-electron chi connectivity index (χ2n) is 5.49. The Morgan fingerprint density at radius 3 is 2.15 bits per heavy atom. The summed E-state index contributed by atoms with van der Waals surface area (Å²) in [7, 11) is 0. The molecular formula is C15H23F3N2. The molecule has 114 valence electrons. The van der Waals surface area contributed by atoms with Crippen molar-refractivity contribution in [2.24, 2.45) is 5.73 Å². The van der Waals surface area contributed by atoms with Gasteiger partial charge in [-0.2, -0.15) is 13.2 Å². The highest BCUT2D eigenvalue weighted by Crippen LogP contribution is 2.20. The minimum Gasteiger partial charge on any atom is -0.324 e. The molecule has 0 aliphatic rings. The molecular weight excluding hydrogens is 265 g/mol. The van der Waals surface area contributed by atoms with E-state index in [4.69, 9.17) is 5.73 Å². The molecule has 0 amide bonds. The summed E-state index contributed by atoms with van der Waals surface area (Å²) in [5.41, 5.74) is 8.15. The third-order valence-electron chi connectivity index (χ3n) is 3.35. The van der Waals surface area contributed by atoms with Gasteiger partial charge in [0.1, 0.15) is 0 Å². The SMILES string of the molecule is Cc1ccc(C(N)CCN(CC(F)(F)F)C(C)C)cc1. The van der Waals surface area contributed by atoms with Gasteiger partial charge in [-0.3, -0.25) is 4.90 Å². The standard InChI is InChI=1S/C15H23F3N2/c1-11(2)20(10-15(16,17)18)9-8-14(19)13-6-4-12(3)5-7-13/h4-7,11,14H,8-10,19H2,1-3H3. The molecule has 1 aromatic carbocycles. The van der Waals surface area contributed by atoms with Gasteiger partial charge in [0.05, 0.1) is 6.54 Å². The summed E-state index contributed by atoms with van der Waals surface area (Å²) in [6.07, 6.45) is -3.66. The number of hydrogen-bond donors (Lipinski definition) is 1. The number of aryl methyl sites for hydroxylation is 1. The molecule has 1 aromatic rings. The van der Waals surface area contributed by atoms with Crippen LogP contribution in [0.2, 0.25) is 0 Å². The average Bonchev–Trinajstić information content (AvgIpc) is 2.33. The molecule has 0 saturated heterocycles. The molecule has 0 aromatic heterocycles. The van der Waals surface area contributed by atoms with Crippen LogP contribution in [0, 0.1) is 6.92 Å². The third kappa shape index (κ3) is 5.92. The Hall–Kier alpha value is -1.07. The second kappa shape index (κ2) is 7.09. The topological polar surface area (TPSA) is 29.3 Å². The van der Waals surface area contributed by atoms with Crippen LogP contribution in [0.15, 0.2) is 24.3 Å². The lowest BCUT2D eigenvalue weighted by Crippen LogP contribution is -2.40. The molecule has 0 fully saturated rings. The van der Waals surface area contributed by atoms with E-state index in [1.165, 1.54) is 4.90 Å². The first-order chi connectivity index (χ1) is 9.19. The first-order valence-electron chi connectivity index (χ1n) is 6.82. The van der Waals surface area contributed by atoms with Gasteiger partial charge >= 0.3 is 6.18 Å². The van der Waals surface area contributed by atoms with Gasteiger partial charge < -0.3 is 5.73 Å². The monoisotopic (exact) mass is 288 g/mol. The molecule has 0 aliphatic carbocycles. The highest BCUT2D eigenvalue weighted by Gasteiger charge is 2.31. The van der Waals surface area contributed by atoms with Crippen LogP contribution in [0.1, 0.15) is 37.4 Å². The fourth-order valence-corrected chi connectivity index (χ4v) is 2.04. The second-order valence-corrected chi connectivity index (χ2v) is 5.49. The Labute approximate surface area is 118 Å². The van der Waals surface area contributed by atoms with Crippen LogP contribution in [0.25, 0.3) is 0 Å². The molecule has 1 rings (SSSR count). The summed E-state index contributed by atoms with van der Waals surface area (Å²) >= 11 is 0. The van der Waals surface area contributed by atoms with E-state index in [1.807, 2.05) is 31.2 Å². The van der Waals surface area contributed by atoms with Crippen LogP contribution in [-0.4, -0.2) is 30.2 Å². The molecule has 0 radical (unpaired) electrons. The average molecular weight is 288 g/mol. The molecule has 1 unspecified atom stereocenters. The van der Waals surface area contributed by atoms with Gasteiger partial charge in [0.25, 0.3) is 0 Å². The smallest absolute Gasteiger partial charge is 0.324 e. The Morgan fingerprint density at radius 2 is 1.70 bits per heavy atom. The van der Waals surface area contributed by atoms with Crippen molar-refractivity contribution in [3.8, 4) is 0 Å². The Kier molecular flexibility index (Phi) is 6.02. The highest BCUT2D eigenvalue weighted by molar-refractivity contribution is 5.23. The maximum absolute atomic E-state index is 12.5. The van der Waals surface area contributed by atoms with Gasteiger partial charge in [-0.1, -0.05) is 29.8 Å². The zero-order valence-electron chi connectivity index (χ0n) is 12.2. The zero-order chi connectivity index (χ0) is 15.3. The molecule has 0 aliphatic heterocycles. The van der Waals surface area contributed by atoms with Crippen LogP contribution >= 0.6 is 0 Å². The molecule has 0 heterocycles. The van der Waals surface area contributed by atoms with E-state index in [-0.39, 0.29) is 12.1 Å². The summed E-state index contributed by atoms with van der Waals surface area (Å²) in [4.78, 5) is 1.41. The van der Waals surface area contributed by atoms with E-state index in [0.29, 0.717) is 13.0 Å². The molecule has 5 heteroatoms. The lowest BCUT2D eigenvalue weighted by atomic mass is 10.0. The van der Waals surface area contributed by atoms with E-state index in [9.17, 15) is 13.2 Å². The maximum atomic E-state index is 12.5. The van der Waals surface area contributed by atoms with Gasteiger partial charge in [-0.25, -0.2) is 0 Å². The quantitative estimate of drug-likeness (QED) is 0.865. The lowest BCUT2D eigenvalue weighted by molar-refractivity contribution is -0.149. The maximum Gasteiger partial charge on any atom is 0.401 e. The van der Waals surface area contributed by atoms with Crippen molar-refractivity contribution in [1.82, 2.24) is 4.90 Å². The number of halogens is 3. The predicted octanol–water partition coefficient (Wildman–Crippen LogP) is 3.66. The fourth-order valence-electron chi connectivity index (χ4n) is 2.04. The van der Waals surface area contributed by atoms with Crippen molar-refractivity contribution >= 4 is 0 Å². The summed E-state index contributed by atoms with van der Waals surface area (Å²) < 4.78 is 37.5. The number of nitrogens with two attached hydrogens (primary N) is 1. The molecule has 0 spiro atoms. The molecule has 2 N–H and O–H groups in total. The summed E-state index contributed by atoms with van der Waals surface area (Å²) in [5, 5.41) is 0. The number of nitrogens with zero attached hydrogens (tertiary/aromatic N) is 1. The van der Waals surface area contributed by atoms with Gasteiger partial charge in [-0.15, -0.1) is 0 Å². The van der Waals surface area contributed by atoms with Gasteiger partial charge in [-0.05, 0) is 32.8 Å². The largest absolute Gasteiger partial charge is 0.401 e. The van der Waals surface area contributed by atoms with Crippen LogP contribution in [-0.2, 0) is 0 Å². The Morgan fingerprint density at radius 1 is 1.15 bits per heavy atom. The predicted molar refractivity (Wildman–Crippen MR) is 75.5 cm³/mol. The number of rotatable bonds is 6. The van der Waals surface area contributed by atoms with E-state index in [0.717, 1.165) is 11.1 Å². The lowest BCUT2D eigenvalue weighted by Gasteiger charge is -2.28. The minimum absolute atomic E-state index is 0.151. The molecule has 1 atom stereocenters. The van der Waals surface area contributed by atoms with Crippen LogP contribution in [0.5, 0.6) is 0 Å². The first-order valence-corrected chi connectivity index (χ1v) is 6.82. The zero-order valence-corrected chi connectivity index (χ0v) is 12.2. The van der Waals surface area contributed by atoms with Gasteiger partial charge in [0.15, 0.2) is 0 Å². The van der Waals surface area contributed by atoms with Crippen molar-refractivity contribution in [1.29, 1.82) is 0 Å². The van der Waals surface area contributed by atoms with E-state index < -0.39 is 12.7 Å². The van der Waals surface area contributed by atoms with E-state index in [2.05, 4.69) is 0 Å². The van der Waals surface area contributed by atoms with Crippen molar-refractivity contribution in [3.63, 3.8) is 0 Å². The summed E-state index contributed by atoms with van der Waals surface area (Å²) in [5.74, 6) is 0. The van der Waals surface area contributed by atoms with Crippen LogP contribution in [0.3, 0.4) is 0 Å². The Bertz CT molecular complexity index is 399. The van der Waals surface area contributed by atoms with Crippen LogP contribution in [0.4, 0.5) is 13.2 Å².